The highest BCUT2D eigenvalue weighted by molar-refractivity contribution is 5.86. The summed E-state index contributed by atoms with van der Waals surface area (Å²) < 4.78 is 0. The van der Waals surface area contributed by atoms with E-state index in [0.717, 1.165) is 44.0 Å². The van der Waals surface area contributed by atoms with Crippen molar-refractivity contribution >= 4 is 11.6 Å². The van der Waals surface area contributed by atoms with Crippen molar-refractivity contribution in [3.8, 4) is 0 Å². The lowest BCUT2D eigenvalue weighted by Gasteiger charge is -2.39. The molecule has 2 heterocycles. The molecule has 0 aliphatic carbocycles. The van der Waals surface area contributed by atoms with Gasteiger partial charge >= 0.3 is 0 Å². The van der Waals surface area contributed by atoms with Crippen LogP contribution in [-0.4, -0.2) is 29.9 Å². The van der Waals surface area contributed by atoms with Gasteiger partial charge in [0.05, 0.1) is 5.92 Å². The fourth-order valence-corrected chi connectivity index (χ4v) is 3.66. The second kappa shape index (κ2) is 5.47. The standard InChI is InChI=1S/C17H24N2O/c1-12-8-10-19(13(2)11-12)17(20)15-7-9-18-16-6-4-3-5-14(15)16/h3-6,12-13,15,18H,7-11H2,1-2H3. The second-order valence-electron chi connectivity index (χ2n) is 6.37. The number of hydrogen-bond acceptors (Lipinski definition) is 2. The van der Waals surface area contributed by atoms with Crippen molar-refractivity contribution in [2.24, 2.45) is 5.92 Å². The van der Waals surface area contributed by atoms with Crippen molar-refractivity contribution in [2.75, 3.05) is 18.4 Å². The maximum absolute atomic E-state index is 12.9. The highest BCUT2D eigenvalue weighted by Gasteiger charge is 2.34. The van der Waals surface area contributed by atoms with Gasteiger partial charge in [-0.05, 0) is 43.7 Å². The molecule has 0 bridgehead atoms. The van der Waals surface area contributed by atoms with Crippen molar-refractivity contribution in [1.82, 2.24) is 4.90 Å². The molecule has 0 aromatic heterocycles. The summed E-state index contributed by atoms with van der Waals surface area (Å²) in [4.78, 5) is 15.0. The number of amides is 1. The first-order chi connectivity index (χ1) is 9.66. The number of likely N-dealkylation sites (tertiary alicyclic amines) is 1. The van der Waals surface area contributed by atoms with Crippen LogP contribution in [-0.2, 0) is 4.79 Å². The molecule has 3 heteroatoms. The number of nitrogens with one attached hydrogen (secondary N) is 1. The zero-order chi connectivity index (χ0) is 14.1. The zero-order valence-electron chi connectivity index (χ0n) is 12.4. The van der Waals surface area contributed by atoms with Gasteiger partial charge in [-0.1, -0.05) is 25.1 Å². The monoisotopic (exact) mass is 272 g/mol. The Bertz CT molecular complexity index is 500. The van der Waals surface area contributed by atoms with Crippen LogP contribution < -0.4 is 5.32 Å². The van der Waals surface area contributed by atoms with Crippen molar-refractivity contribution in [3.05, 3.63) is 29.8 Å². The molecule has 3 atom stereocenters. The van der Waals surface area contributed by atoms with E-state index >= 15 is 0 Å². The summed E-state index contributed by atoms with van der Waals surface area (Å²) in [5.74, 6) is 1.12. The molecule has 1 N–H and O–H groups in total. The summed E-state index contributed by atoms with van der Waals surface area (Å²) in [6.07, 6.45) is 3.19. The number of carbonyl (C=O) groups is 1. The Morgan fingerprint density at radius 1 is 1.25 bits per heavy atom. The Balaban J connectivity index is 1.81. The average Bonchev–Trinajstić information content (AvgIpc) is 2.46. The molecule has 3 rings (SSSR count). The molecule has 3 nitrogen and oxygen atoms in total. The summed E-state index contributed by atoms with van der Waals surface area (Å²) >= 11 is 0. The molecule has 1 fully saturated rings. The second-order valence-corrected chi connectivity index (χ2v) is 6.37. The third-order valence-electron chi connectivity index (χ3n) is 4.80. The van der Waals surface area contributed by atoms with Crippen LogP contribution in [0.2, 0.25) is 0 Å². The lowest BCUT2D eigenvalue weighted by molar-refractivity contribution is -0.136. The van der Waals surface area contributed by atoms with E-state index in [0.29, 0.717) is 11.9 Å². The Morgan fingerprint density at radius 2 is 2.05 bits per heavy atom. The van der Waals surface area contributed by atoms with E-state index in [2.05, 4.69) is 36.2 Å². The normalized spacial score (nSPS) is 29.5. The predicted octanol–water partition coefficient (Wildman–Crippen LogP) is 3.23. The first kappa shape index (κ1) is 13.5. The van der Waals surface area contributed by atoms with Crippen molar-refractivity contribution in [2.45, 2.75) is 45.1 Å². The molecule has 1 aromatic rings. The summed E-state index contributed by atoms with van der Waals surface area (Å²) in [5, 5.41) is 3.40. The fraction of sp³-hybridized carbons (Fsp3) is 0.588. The summed E-state index contributed by atoms with van der Waals surface area (Å²) in [6.45, 7) is 6.30. The smallest absolute Gasteiger partial charge is 0.230 e. The van der Waals surface area contributed by atoms with Crippen molar-refractivity contribution in [3.63, 3.8) is 0 Å². The highest BCUT2D eigenvalue weighted by Crippen LogP contribution is 2.34. The summed E-state index contributed by atoms with van der Waals surface area (Å²) in [7, 11) is 0. The number of anilines is 1. The maximum Gasteiger partial charge on any atom is 0.230 e. The number of rotatable bonds is 1. The number of fused-ring (bicyclic) bond motifs is 1. The van der Waals surface area contributed by atoms with Gasteiger partial charge in [0.2, 0.25) is 5.91 Å². The lowest BCUT2D eigenvalue weighted by Crippen LogP contribution is -2.47. The Hall–Kier alpha value is -1.51. The van der Waals surface area contributed by atoms with Gasteiger partial charge in [-0.15, -0.1) is 0 Å². The van der Waals surface area contributed by atoms with Gasteiger partial charge in [-0.3, -0.25) is 4.79 Å². The molecule has 108 valence electrons. The molecule has 0 spiro atoms. The van der Waals surface area contributed by atoms with Crippen molar-refractivity contribution in [1.29, 1.82) is 0 Å². The molecule has 2 aliphatic rings. The summed E-state index contributed by atoms with van der Waals surface area (Å²) in [6, 6.07) is 8.63. The summed E-state index contributed by atoms with van der Waals surface area (Å²) in [5.41, 5.74) is 2.31. The zero-order valence-corrected chi connectivity index (χ0v) is 12.4. The number of carbonyl (C=O) groups excluding carboxylic acids is 1. The number of hydrogen-bond donors (Lipinski definition) is 1. The largest absolute Gasteiger partial charge is 0.385 e. The SMILES string of the molecule is CC1CCN(C(=O)C2CCNc3ccccc32)C(C)C1. The van der Waals surface area contributed by atoms with Gasteiger partial charge < -0.3 is 10.2 Å². The Kier molecular flexibility index (Phi) is 3.68. The average molecular weight is 272 g/mol. The van der Waals surface area contributed by atoms with Crippen LogP contribution >= 0.6 is 0 Å². The van der Waals surface area contributed by atoms with Crippen LogP contribution in [0.25, 0.3) is 0 Å². The molecule has 2 aliphatic heterocycles. The molecule has 3 unspecified atom stereocenters. The molecule has 0 radical (unpaired) electrons. The van der Waals surface area contributed by atoms with E-state index in [9.17, 15) is 4.79 Å². The van der Waals surface area contributed by atoms with Crippen LogP contribution in [0.15, 0.2) is 24.3 Å². The van der Waals surface area contributed by atoms with E-state index in [4.69, 9.17) is 0 Å². The molecule has 1 amide bonds. The van der Waals surface area contributed by atoms with Crippen LogP contribution in [0.3, 0.4) is 0 Å². The van der Waals surface area contributed by atoms with Gasteiger partial charge in [0.15, 0.2) is 0 Å². The van der Waals surface area contributed by atoms with Crippen LogP contribution in [0.4, 0.5) is 5.69 Å². The quantitative estimate of drug-likeness (QED) is 0.851. The molecule has 1 saturated heterocycles. The number of nitrogens with zero attached hydrogens (tertiary/aromatic N) is 1. The maximum atomic E-state index is 12.9. The predicted molar refractivity (Wildman–Crippen MR) is 81.9 cm³/mol. The molecular formula is C17H24N2O. The number of piperidine rings is 1. The Morgan fingerprint density at radius 3 is 2.85 bits per heavy atom. The molecule has 1 aromatic carbocycles. The molecule has 0 saturated carbocycles. The topological polar surface area (TPSA) is 32.3 Å². The first-order valence-electron chi connectivity index (χ1n) is 7.80. The number of para-hydroxylation sites is 1. The van der Waals surface area contributed by atoms with E-state index in [-0.39, 0.29) is 5.92 Å². The Labute approximate surface area is 121 Å². The molecular weight excluding hydrogens is 248 g/mol. The highest BCUT2D eigenvalue weighted by atomic mass is 16.2. The third kappa shape index (κ3) is 2.41. The van der Waals surface area contributed by atoms with Crippen LogP contribution in [0, 0.1) is 5.92 Å². The van der Waals surface area contributed by atoms with E-state index in [1.54, 1.807) is 0 Å². The van der Waals surface area contributed by atoms with Gasteiger partial charge in [0.1, 0.15) is 0 Å². The van der Waals surface area contributed by atoms with Gasteiger partial charge in [0.25, 0.3) is 0 Å². The lowest BCUT2D eigenvalue weighted by atomic mass is 9.87. The fourth-order valence-electron chi connectivity index (χ4n) is 3.66. The van der Waals surface area contributed by atoms with E-state index in [1.165, 1.54) is 5.56 Å². The van der Waals surface area contributed by atoms with Gasteiger partial charge in [-0.25, -0.2) is 0 Å². The molecule has 20 heavy (non-hydrogen) atoms. The van der Waals surface area contributed by atoms with Gasteiger partial charge in [0, 0.05) is 24.8 Å². The van der Waals surface area contributed by atoms with E-state index < -0.39 is 0 Å². The van der Waals surface area contributed by atoms with E-state index in [1.807, 2.05) is 12.1 Å². The van der Waals surface area contributed by atoms with Crippen LogP contribution in [0.5, 0.6) is 0 Å². The van der Waals surface area contributed by atoms with Gasteiger partial charge in [-0.2, -0.15) is 0 Å². The number of benzene rings is 1. The van der Waals surface area contributed by atoms with Crippen LogP contribution in [0.1, 0.15) is 44.6 Å². The van der Waals surface area contributed by atoms with Crippen molar-refractivity contribution < 1.29 is 4.79 Å². The minimum absolute atomic E-state index is 0.0447. The minimum Gasteiger partial charge on any atom is -0.385 e. The third-order valence-corrected chi connectivity index (χ3v) is 4.80. The first-order valence-corrected chi connectivity index (χ1v) is 7.80. The minimum atomic E-state index is 0.0447.